The Kier molecular flexibility index (Phi) is 3.46. The number of carbonyl (C=O) groups excluding carboxylic acids is 1. The van der Waals surface area contributed by atoms with E-state index in [1.54, 1.807) is 19.6 Å². The number of carbonyl (C=O) groups is 1. The first kappa shape index (κ1) is 13.5. The lowest BCUT2D eigenvalue weighted by Crippen LogP contribution is -2.46. The van der Waals surface area contributed by atoms with Crippen LogP contribution in [-0.2, 0) is 4.74 Å². The quantitative estimate of drug-likeness (QED) is 0.846. The van der Waals surface area contributed by atoms with Gasteiger partial charge in [-0.05, 0) is 32.6 Å². The summed E-state index contributed by atoms with van der Waals surface area (Å²) in [6.45, 7) is 3.58. The Balaban J connectivity index is 1.74. The first-order chi connectivity index (χ1) is 9.63. The van der Waals surface area contributed by atoms with Crippen molar-refractivity contribution in [3.8, 4) is 0 Å². The molecule has 1 saturated carbocycles. The van der Waals surface area contributed by atoms with Crippen LogP contribution in [0, 0.1) is 0 Å². The topological polar surface area (TPSA) is 55.3 Å². The number of ether oxygens (including phenoxy) is 1. The van der Waals surface area contributed by atoms with E-state index in [0.717, 1.165) is 44.5 Å². The molecule has 0 N–H and O–H groups in total. The summed E-state index contributed by atoms with van der Waals surface area (Å²) in [5, 5.41) is 0. The van der Waals surface area contributed by atoms with E-state index in [2.05, 4.69) is 16.9 Å². The van der Waals surface area contributed by atoms with Gasteiger partial charge in [-0.15, -0.1) is 0 Å². The Morgan fingerprint density at radius 3 is 2.70 bits per heavy atom. The monoisotopic (exact) mass is 275 g/mol. The summed E-state index contributed by atoms with van der Waals surface area (Å²) in [7, 11) is 1.74. The second-order valence-electron chi connectivity index (χ2n) is 6.04. The van der Waals surface area contributed by atoms with Gasteiger partial charge in [0, 0.05) is 32.3 Å². The Morgan fingerprint density at radius 1 is 1.40 bits per heavy atom. The van der Waals surface area contributed by atoms with Crippen LogP contribution in [0.5, 0.6) is 0 Å². The summed E-state index contributed by atoms with van der Waals surface area (Å²) in [6.07, 6.45) is 7.25. The number of aromatic nitrogens is 2. The van der Waals surface area contributed by atoms with Crippen molar-refractivity contribution < 1.29 is 9.53 Å². The van der Waals surface area contributed by atoms with Crippen molar-refractivity contribution in [2.45, 2.75) is 44.1 Å². The molecule has 0 unspecified atom stereocenters. The molecule has 1 aromatic heterocycles. The number of hydrogen-bond acceptors (Lipinski definition) is 4. The van der Waals surface area contributed by atoms with Crippen LogP contribution in [0.15, 0.2) is 12.5 Å². The molecule has 0 aromatic carbocycles. The van der Waals surface area contributed by atoms with Crippen LogP contribution in [0.1, 0.15) is 54.6 Å². The zero-order chi connectivity index (χ0) is 14.2. The molecule has 1 saturated heterocycles. The lowest BCUT2D eigenvalue weighted by molar-refractivity contribution is -0.0380. The van der Waals surface area contributed by atoms with E-state index in [9.17, 15) is 4.79 Å². The molecule has 0 atom stereocenters. The molecule has 1 aliphatic carbocycles. The van der Waals surface area contributed by atoms with Crippen LogP contribution in [0.2, 0.25) is 0 Å². The van der Waals surface area contributed by atoms with E-state index in [0.29, 0.717) is 11.5 Å². The molecule has 0 bridgehead atoms. The van der Waals surface area contributed by atoms with Gasteiger partial charge in [0.25, 0.3) is 5.91 Å². The van der Waals surface area contributed by atoms with Crippen molar-refractivity contribution in [1.29, 1.82) is 0 Å². The van der Waals surface area contributed by atoms with Gasteiger partial charge in [-0.2, -0.15) is 0 Å². The summed E-state index contributed by atoms with van der Waals surface area (Å²) in [4.78, 5) is 22.9. The largest absolute Gasteiger partial charge is 0.378 e. The highest BCUT2D eigenvalue weighted by Crippen LogP contribution is 2.40. The molecular weight excluding hydrogens is 254 g/mol. The SMILES string of the molecule is COC1(C)CCN(C(=O)c2cncnc2C2CC2)CC1. The maximum absolute atomic E-state index is 12.7. The number of methoxy groups -OCH3 is 1. The molecule has 2 aliphatic rings. The predicted octanol–water partition coefficient (Wildman–Crippen LogP) is 2.00. The van der Waals surface area contributed by atoms with Crippen molar-refractivity contribution >= 4 is 5.91 Å². The van der Waals surface area contributed by atoms with Gasteiger partial charge in [-0.1, -0.05) is 0 Å². The van der Waals surface area contributed by atoms with Gasteiger partial charge in [-0.25, -0.2) is 9.97 Å². The number of amides is 1. The minimum absolute atomic E-state index is 0.0747. The van der Waals surface area contributed by atoms with Crippen LogP contribution in [0.3, 0.4) is 0 Å². The van der Waals surface area contributed by atoms with Gasteiger partial charge in [0.15, 0.2) is 0 Å². The van der Waals surface area contributed by atoms with E-state index in [4.69, 9.17) is 4.74 Å². The molecule has 0 spiro atoms. The molecule has 5 heteroatoms. The molecule has 108 valence electrons. The molecule has 2 heterocycles. The third-order valence-corrected chi connectivity index (χ3v) is 4.54. The second kappa shape index (κ2) is 5.13. The zero-order valence-electron chi connectivity index (χ0n) is 12.1. The molecule has 1 amide bonds. The molecule has 3 rings (SSSR count). The third kappa shape index (κ3) is 2.54. The molecule has 5 nitrogen and oxygen atoms in total. The summed E-state index contributed by atoms with van der Waals surface area (Å²) in [5.41, 5.74) is 1.53. The van der Waals surface area contributed by atoms with E-state index in [1.807, 2.05) is 4.90 Å². The summed E-state index contributed by atoms with van der Waals surface area (Å²) >= 11 is 0. The Morgan fingerprint density at radius 2 is 2.10 bits per heavy atom. The van der Waals surface area contributed by atoms with Gasteiger partial charge < -0.3 is 9.64 Å². The standard InChI is InChI=1S/C15H21N3O2/c1-15(20-2)5-7-18(8-6-15)14(19)12-9-16-10-17-13(12)11-3-4-11/h9-11H,3-8H2,1-2H3. The average molecular weight is 275 g/mol. The minimum Gasteiger partial charge on any atom is -0.378 e. The fraction of sp³-hybridized carbons (Fsp3) is 0.667. The van der Waals surface area contributed by atoms with Gasteiger partial charge in [0.05, 0.1) is 16.9 Å². The van der Waals surface area contributed by atoms with E-state index in [-0.39, 0.29) is 11.5 Å². The van der Waals surface area contributed by atoms with Gasteiger partial charge in [0.1, 0.15) is 6.33 Å². The Labute approximate surface area is 119 Å². The Hall–Kier alpha value is -1.49. The highest BCUT2D eigenvalue weighted by Gasteiger charge is 2.35. The number of hydrogen-bond donors (Lipinski definition) is 0. The molecular formula is C15H21N3O2. The zero-order valence-corrected chi connectivity index (χ0v) is 12.1. The van der Waals surface area contributed by atoms with Crippen LogP contribution >= 0.6 is 0 Å². The Bertz CT molecular complexity index is 506. The molecule has 0 radical (unpaired) electrons. The summed E-state index contributed by atoms with van der Waals surface area (Å²) in [6, 6.07) is 0. The van der Waals surface area contributed by atoms with E-state index >= 15 is 0 Å². The number of piperidine rings is 1. The van der Waals surface area contributed by atoms with Crippen LogP contribution < -0.4 is 0 Å². The molecule has 20 heavy (non-hydrogen) atoms. The number of likely N-dealkylation sites (tertiary alicyclic amines) is 1. The first-order valence-electron chi connectivity index (χ1n) is 7.27. The maximum Gasteiger partial charge on any atom is 0.257 e. The van der Waals surface area contributed by atoms with Crippen molar-refractivity contribution in [2.24, 2.45) is 0 Å². The highest BCUT2D eigenvalue weighted by molar-refractivity contribution is 5.95. The number of rotatable bonds is 3. The lowest BCUT2D eigenvalue weighted by atomic mass is 9.93. The van der Waals surface area contributed by atoms with Crippen LogP contribution in [0.25, 0.3) is 0 Å². The van der Waals surface area contributed by atoms with Crippen LogP contribution in [-0.4, -0.2) is 46.6 Å². The van der Waals surface area contributed by atoms with Gasteiger partial charge >= 0.3 is 0 Å². The maximum atomic E-state index is 12.7. The molecule has 2 fully saturated rings. The highest BCUT2D eigenvalue weighted by atomic mass is 16.5. The molecule has 1 aromatic rings. The summed E-state index contributed by atoms with van der Waals surface area (Å²) < 4.78 is 5.52. The second-order valence-corrected chi connectivity index (χ2v) is 6.04. The average Bonchev–Trinajstić information content (AvgIpc) is 3.32. The van der Waals surface area contributed by atoms with Crippen molar-refractivity contribution in [3.63, 3.8) is 0 Å². The number of nitrogens with zero attached hydrogens (tertiary/aromatic N) is 3. The van der Waals surface area contributed by atoms with Crippen LogP contribution in [0.4, 0.5) is 0 Å². The molecule has 1 aliphatic heterocycles. The van der Waals surface area contributed by atoms with E-state index < -0.39 is 0 Å². The summed E-state index contributed by atoms with van der Waals surface area (Å²) in [5.74, 6) is 0.539. The fourth-order valence-electron chi connectivity index (χ4n) is 2.74. The first-order valence-corrected chi connectivity index (χ1v) is 7.27. The fourth-order valence-corrected chi connectivity index (χ4v) is 2.74. The van der Waals surface area contributed by atoms with Crippen molar-refractivity contribution in [2.75, 3.05) is 20.2 Å². The smallest absolute Gasteiger partial charge is 0.257 e. The van der Waals surface area contributed by atoms with Gasteiger partial charge in [-0.3, -0.25) is 4.79 Å². The van der Waals surface area contributed by atoms with Gasteiger partial charge in [0.2, 0.25) is 0 Å². The predicted molar refractivity (Wildman–Crippen MR) is 74.6 cm³/mol. The minimum atomic E-state index is -0.0940. The normalized spacial score (nSPS) is 21.8. The lowest BCUT2D eigenvalue weighted by Gasteiger charge is -2.38. The van der Waals surface area contributed by atoms with Crippen molar-refractivity contribution in [1.82, 2.24) is 14.9 Å². The van der Waals surface area contributed by atoms with E-state index in [1.165, 1.54) is 0 Å². The third-order valence-electron chi connectivity index (χ3n) is 4.54. The van der Waals surface area contributed by atoms with Crippen molar-refractivity contribution in [3.05, 3.63) is 23.8 Å².